The first-order chi connectivity index (χ1) is 15.5. The molecule has 1 unspecified atom stereocenters. The summed E-state index contributed by atoms with van der Waals surface area (Å²) in [5.41, 5.74) is 5.54. The van der Waals surface area contributed by atoms with Gasteiger partial charge in [-0.05, 0) is 73.6 Å². The molecule has 1 amide bonds. The maximum absolute atomic E-state index is 12.8. The average molecular weight is 449 g/mol. The standard InChI is InChI=1S/C27H29ClN2O2/c1-19-5-3-6-20(2)27(19)32-18-26(31)30-14-4-7-23(17-30)25-13-10-22(16-29-25)15-21-8-11-24(28)12-9-21/h3,5-6,8-13,16,23H,4,7,14-15,17-18H2,1-2H3. The van der Waals surface area contributed by atoms with Gasteiger partial charge in [0.15, 0.2) is 6.61 Å². The van der Waals surface area contributed by atoms with E-state index in [-0.39, 0.29) is 18.4 Å². The Labute approximate surface area is 195 Å². The molecule has 32 heavy (non-hydrogen) atoms. The largest absolute Gasteiger partial charge is 0.483 e. The Kier molecular flexibility index (Phi) is 7.11. The van der Waals surface area contributed by atoms with E-state index in [0.29, 0.717) is 6.54 Å². The predicted octanol–water partition coefficient (Wildman–Crippen LogP) is 5.73. The third-order valence-electron chi connectivity index (χ3n) is 6.11. The summed E-state index contributed by atoms with van der Waals surface area (Å²) < 4.78 is 5.89. The minimum atomic E-state index is 0.0386. The van der Waals surface area contributed by atoms with Crippen LogP contribution in [0.5, 0.6) is 5.75 Å². The number of benzene rings is 2. The van der Waals surface area contributed by atoms with Crippen LogP contribution in [0, 0.1) is 13.8 Å². The van der Waals surface area contributed by atoms with Gasteiger partial charge in [0.2, 0.25) is 0 Å². The Morgan fingerprint density at radius 3 is 2.47 bits per heavy atom. The van der Waals surface area contributed by atoms with Gasteiger partial charge in [-0.3, -0.25) is 9.78 Å². The lowest BCUT2D eigenvalue weighted by atomic mass is 9.93. The third-order valence-corrected chi connectivity index (χ3v) is 6.36. The van der Waals surface area contributed by atoms with Crippen LogP contribution < -0.4 is 4.74 Å². The van der Waals surface area contributed by atoms with E-state index in [9.17, 15) is 4.79 Å². The summed E-state index contributed by atoms with van der Waals surface area (Å²) in [6.45, 7) is 5.56. The van der Waals surface area contributed by atoms with E-state index < -0.39 is 0 Å². The smallest absolute Gasteiger partial charge is 0.260 e. The van der Waals surface area contributed by atoms with Gasteiger partial charge in [-0.2, -0.15) is 0 Å². The van der Waals surface area contributed by atoms with Crippen molar-refractivity contribution in [2.45, 2.75) is 39.0 Å². The lowest BCUT2D eigenvalue weighted by Crippen LogP contribution is -2.41. The van der Waals surface area contributed by atoms with Crippen molar-refractivity contribution in [3.63, 3.8) is 0 Å². The minimum Gasteiger partial charge on any atom is -0.483 e. The van der Waals surface area contributed by atoms with Crippen molar-refractivity contribution in [1.29, 1.82) is 0 Å². The first-order valence-corrected chi connectivity index (χ1v) is 11.5. The Balaban J connectivity index is 1.35. The second-order valence-electron chi connectivity index (χ2n) is 8.58. The number of hydrogen-bond acceptors (Lipinski definition) is 3. The molecule has 4 rings (SSSR count). The fraction of sp³-hybridized carbons (Fsp3) is 0.333. The number of nitrogens with zero attached hydrogens (tertiary/aromatic N) is 2. The number of ether oxygens (including phenoxy) is 1. The molecule has 1 atom stereocenters. The average Bonchev–Trinajstić information content (AvgIpc) is 2.81. The number of piperidine rings is 1. The summed E-state index contributed by atoms with van der Waals surface area (Å²) in [6, 6.07) is 18.2. The highest BCUT2D eigenvalue weighted by molar-refractivity contribution is 6.30. The highest BCUT2D eigenvalue weighted by Gasteiger charge is 2.26. The number of para-hydroxylation sites is 1. The van der Waals surface area contributed by atoms with E-state index in [0.717, 1.165) is 53.4 Å². The van der Waals surface area contributed by atoms with Crippen LogP contribution in [0.25, 0.3) is 0 Å². The molecule has 1 aliphatic heterocycles. The van der Waals surface area contributed by atoms with Crippen LogP contribution in [-0.4, -0.2) is 35.5 Å². The summed E-state index contributed by atoms with van der Waals surface area (Å²) in [5, 5.41) is 0.748. The molecule has 2 heterocycles. The van der Waals surface area contributed by atoms with E-state index >= 15 is 0 Å². The molecule has 1 aliphatic rings. The fourth-order valence-corrected chi connectivity index (χ4v) is 4.44. The zero-order chi connectivity index (χ0) is 22.5. The molecule has 0 saturated carbocycles. The normalized spacial score (nSPS) is 16.1. The summed E-state index contributed by atoms with van der Waals surface area (Å²) in [6.07, 6.45) is 4.81. The van der Waals surface area contributed by atoms with E-state index in [1.54, 1.807) is 0 Å². The topological polar surface area (TPSA) is 42.4 Å². The number of halogens is 1. The Morgan fingerprint density at radius 2 is 1.78 bits per heavy atom. The van der Waals surface area contributed by atoms with Gasteiger partial charge in [0, 0.05) is 35.9 Å². The Bertz CT molecular complexity index is 1040. The van der Waals surface area contributed by atoms with Crippen LogP contribution in [-0.2, 0) is 11.2 Å². The van der Waals surface area contributed by atoms with Gasteiger partial charge in [-0.1, -0.05) is 48.0 Å². The second kappa shape index (κ2) is 10.2. The number of aryl methyl sites for hydroxylation is 2. The molecule has 0 spiro atoms. The summed E-state index contributed by atoms with van der Waals surface area (Å²) in [7, 11) is 0. The molecule has 3 aromatic rings. The molecule has 4 nitrogen and oxygen atoms in total. The number of hydrogen-bond donors (Lipinski definition) is 0. The number of rotatable bonds is 6. The first kappa shape index (κ1) is 22.3. The molecule has 5 heteroatoms. The van der Waals surface area contributed by atoms with E-state index in [1.807, 2.05) is 67.4 Å². The van der Waals surface area contributed by atoms with E-state index in [1.165, 1.54) is 11.1 Å². The number of likely N-dealkylation sites (tertiary alicyclic amines) is 1. The Morgan fingerprint density at radius 1 is 1.06 bits per heavy atom. The van der Waals surface area contributed by atoms with Crippen molar-refractivity contribution in [2.24, 2.45) is 0 Å². The second-order valence-corrected chi connectivity index (χ2v) is 9.02. The van der Waals surface area contributed by atoms with Crippen LogP contribution in [0.2, 0.25) is 5.02 Å². The zero-order valence-corrected chi connectivity index (χ0v) is 19.4. The van der Waals surface area contributed by atoms with Gasteiger partial charge >= 0.3 is 0 Å². The van der Waals surface area contributed by atoms with Crippen LogP contribution in [0.3, 0.4) is 0 Å². The van der Waals surface area contributed by atoms with Gasteiger partial charge in [-0.25, -0.2) is 0 Å². The summed E-state index contributed by atoms with van der Waals surface area (Å²) in [4.78, 5) is 19.5. The lowest BCUT2D eigenvalue weighted by molar-refractivity contribution is -0.134. The Hall–Kier alpha value is -2.85. The fourth-order valence-electron chi connectivity index (χ4n) is 4.32. The van der Waals surface area contributed by atoms with Crippen molar-refractivity contribution in [2.75, 3.05) is 19.7 Å². The minimum absolute atomic E-state index is 0.0386. The molecule has 2 aromatic carbocycles. The van der Waals surface area contributed by atoms with Crippen LogP contribution in [0.15, 0.2) is 60.8 Å². The van der Waals surface area contributed by atoms with Crippen molar-refractivity contribution < 1.29 is 9.53 Å². The number of aromatic nitrogens is 1. The molecule has 1 fully saturated rings. The van der Waals surface area contributed by atoms with Crippen LogP contribution >= 0.6 is 11.6 Å². The van der Waals surface area contributed by atoms with Crippen LogP contribution in [0.1, 0.15) is 46.7 Å². The maximum Gasteiger partial charge on any atom is 0.260 e. The number of carbonyl (C=O) groups is 1. The molecular formula is C27H29ClN2O2. The molecule has 0 bridgehead atoms. The van der Waals surface area contributed by atoms with Gasteiger partial charge in [0.05, 0.1) is 0 Å². The summed E-state index contributed by atoms with van der Waals surface area (Å²) in [5.74, 6) is 1.11. The molecule has 0 N–H and O–H groups in total. The molecule has 1 aromatic heterocycles. The quantitative estimate of drug-likeness (QED) is 0.483. The lowest BCUT2D eigenvalue weighted by Gasteiger charge is -2.32. The SMILES string of the molecule is Cc1cccc(C)c1OCC(=O)N1CCCC(c2ccc(Cc3ccc(Cl)cc3)cn2)C1. The molecule has 166 valence electrons. The maximum atomic E-state index is 12.8. The summed E-state index contributed by atoms with van der Waals surface area (Å²) >= 11 is 5.97. The van der Waals surface area contributed by atoms with E-state index in [4.69, 9.17) is 21.3 Å². The van der Waals surface area contributed by atoms with Crippen molar-refractivity contribution >= 4 is 17.5 Å². The third kappa shape index (κ3) is 5.49. The van der Waals surface area contributed by atoms with Gasteiger partial charge < -0.3 is 9.64 Å². The zero-order valence-electron chi connectivity index (χ0n) is 18.7. The monoisotopic (exact) mass is 448 g/mol. The number of carbonyl (C=O) groups excluding carboxylic acids is 1. The highest BCUT2D eigenvalue weighted by atomic mass is 35.5. The molecule has 1 saturated heterocycles. The van der Waals surface area contributed by atoms with Crippen LogP contribution in [0.4, 0.5) is 0 Å². The molecular weight excluding hydrogens is 420 g/mol. The van der Waals surface area contributed by atoms with Crippen molar-refractivity contribution in [1.82, 2.24) is 9.88 Å². The number of pyridine rings is 1. The number of amides is 1. The van der Waals surface area contributed by atoms with Crippen molar-refractivity contribution in [3.05, 3.63) is 93.8 Å². The highest BCUT2D eigenvalue weighted by Crippen LogP contribution is 2.27. The van der Waals surface area contributed by atoms with E-state index in [2.05, 4.69) is 12.1 Å². The molecule has 0 radical (unpaired) electrons. The van der Waals surface area contributed by atoms with Gasteiger partial charge in [0.25, 0.3) is 5.91 Å². The molecule has 0 aliphatic carbocycles. The predicted molar refractivity (Wildman–Crippen MR) is 128 cm³/mol. The van der Waals surface area contributed by atoms with Gasteiger partial charge in [0.1, 0.15) is 5.75 Å². The van der Waals surface area contributed by atoms with Crippen molar-refractivity contribution in [3.8, 4) is 5.75 Å². The van der Waals surface area contributed by atoms with Gasteiger partial charge in [-0.15, -0.1) is 0 Å². The first-order valence-electron chi connectivity index (χ1n) is 11.2.